The van der Waals surface area contributed by atoms with Crippen molar-refractivity contribution in [3.8, 4) is 0 Å². The Bertz CT molecular complexity index is 851. The second-order valence-corrected chi connectivity index (χ2v) is 11.2. The molecule has 172 valence electrons. The van der Waals surface area contributed by atoms with E-state index in [1.54, 1.807) is 0 Å². The molecule has 6 fully saturated rings. The number of aliphatic hydroxyl groups is 2. The van der Waals surface area contributed by atoms with Crippen molar-refractivity contribution in [3.63, 3.8) is 0 Å². The van der Waals surface area contributed by atoms with Crippen molar-refractivity contribution >= 4 is 11.9 Å². The highest BCUT2D eigenvalue weighted by atomic mass is 16.7. The zero-order valence-electron chi connectivity index (χ0n) is 18.8. The average molecular weight is 435 g/mol. The SMILES string of the molecule is C=C1[C@@H](OC(C)=O)[C@]23[C@H](O)[C@H]1CC[C@H]2[C@]12CCCC(C)(C)[C@H]1[C@H](OC(C)=O)C3(O)OC2. The average Bonchev–Trinajstić information content (AvgIpc) is 2.77. The molecule has 0 aromatic carbocycles. The fraction of sp³-hybridized carbons (Fsp3) is 0.833. The van der Waals surface area contributed by atoms with Crippen molar-refractivity contribution in [1.29, 1.82) is 0 Å². The zero-order chi connectivity index (χ0) is 22.6. The lowest BCUT2D eigenvalue weighted by atomic mass is 9.36. The molecule has 6 aliphatic rings. The van der Waals surface area contributed by atoms with Gasteiger partial charge in [-0.1, -0.05) is 26.8 Å². The largest absolute Gasteiger partial charge is 0.457 e. The van der Waals surface area contributed by atoms with E-state index in [9.17, 15) is 19.8 Å². The lowest BCUT2D eigenvalue weighted by Crippen LogP contribution is -2.84. The minimum atomic E-state index is -1.97. The molecule has 7 heteroatoms. The van der Waals surface area contributed by atoms with E-state index >= 15 is 0 Å². The number of aliphatic hydroxyl groups excluding tert-OH is 1. The van der Waals surface area contributed by atoms with Gasteiger partial charge >= 0.3 is 11.9 Å². The van der Waals surface area contributed by atoms with Gasteiger partial charge in [0.15, 0.2) is 6.10 Å². The quantitative estimate of drug-likeness (QED) is 0.508. The molecule has 4 saturated carbocycles. The molecule has 4 aliphatic carbocycles. The van der Waals surface area contributed by atoms with Crippen LogP contribution in [0.3, 0.4) is 0 Å². The Labute approximate surface area is 183 Å². The maximum Gasteiger partial charge on any atom is 0.303 e. The molecule has 2 heterocycles. The monoisotopic (exact) mass is 434 g/mol. The fourth-order valence-electron chi connectivity index (χ4n) is 8.84. The molecule has 2 saturated heterocycles. The number of carbonyl (C=O) groups is 2. The minimum absolute atomic E-state index is 0.123. The Balaban J connectivity index is 1.78. The second-order valence-electron chi connectivity index (χ2n) is 11.2. The third kappa shape index (κ3) is 2.30. The van der Waals surface area contributed by atoms with Crippen molar-refractivity contribution < 1.29 is 34.0 Å². The molecule has 4 bridgehead atoms. The highest BCUT2D eigenvalue weighted by molar-refractivity contribution is 5.67. The van der Waals surface area contributed by atoms with Gasteiger partial charge in [0.2, 0.25) is 5.79 Å². The Kier molecular flexibility index (Phi) is 4.37. The van der Waals surface area contributed by atoms with Gasteiger partial charge < -0.3 is 24.4 Å². The van der Waals surface area contributed by atoms with Crippen LogP contribution in [0.25, 0.3) is 0 Å². The van der Waals surface area contributed by atoms with E-state index in [1.165, 1.54) is 13.8 Å². The molecule has 7 nitrogen and oxygen atoms in total. The van der Waals surface area contributed by atoms with Crippen LogP contribution in [0.1, 0.15) is 59.8 Å². The van der Waals surface area contributed by atoms with E-state index in [0.29, 0.717) is 12.2 Å². The van der Waals surface area contributed by atoms with E-state index in [1.807, 2.05) is 0 Å². The van der Waals surface area contributed by atoms with Crippen LogP contribution >= 0.6 is 0 Å². The van der Waals surface area contributed by atoms with Crippen molar-refractivity contribution in [2.75, 3.05) is 6.61 Å². The number of rotatable bonds is 2. The first-order valence-corrected chi connectivity index (χ1v) is 11.5. The summed E-state index contributed by atoms with van der Waals surface area (Å²) in [5.74, 6) is -3.51. The topological polar surface area (TPSA) is 102 Å². The number of carbonyl (C=O) groups excluding carboxylic acids is 2. The van der Waals surface area contributed by atoms with Crippen molar-refractivity contribution in [3.05, 3.63) is 12.2 Å². The summed E-state index contributed by atoms with van der Waals surface area (Å²) in [7, 11) is 0. The molecule has 31 heavy (non-hydrogen) atoms. The Morgan fingerprint density at radius 1 is 1.13 bits per heavy atom. The number of ether oxygens (including phenoxy) is 3. The first kappa shape index (κ1) is 21.4. The predicted octanol–water partition coefficient (Wildman–Crippen LogP) is 2.34. The van der Waals surface area contributed by atoms with Crippen LogP contribution in [0.15, 0.2) is 12.2 Å². The van der Waals surface area contributed by atoms with E-state index in [2.05, 4.69) is 20.4 Å². The lowest BCUT2D eigenvalue weighted by Gasteiger charge is -2.75. The highest BCUT2D eigenvalue weighted by Crippen LogP contribution is 2.78. The number of hydrogen-bond acceptors (Lipinski definition) is 7. The van der Waals surface area contributed by atoms with E-state index in [4.69, 9.17) is 14.2 Å². The zero-order valence-corrected chi connectivity index (χ0v) is 18.8. The third-order valence-electron chi connectivity index (χ3n) is 9.53. The molecular weight excluding hydrogens is 400 g/mol. The molecule has 2 spiro atoms. The van der Waals surface area contributed by atoms with Gasteiger partial charge in [0.1, 0.15) is 6.10 Å². The van der Waals surface area contributed by atoms with Gasteiger partial charge in [-0.05, 0) is 42.6 Å². The van der Waals surface area contributed by atoms with Crippen LogP contribution in [-0.4, -0.2) is 52.9 Å². The summed E-state index contributed by atoms with van der Waals surface area (Å²) in [5, 5.41) is 24.0. The van der Waals surface area contributed by atoms with Crippen molar-refractivity contribution in [2.45, 2.75) is 83.9 Å². The van der Waals surface area contributed by atoms with Crippen molar-refractivity contribution in [2.24, 2.45) is 34.0 Å². The van der Waals surface area contributed by atoms with Gasteiger partial charge in [-0.15, -0.1) is 0 Å². The van der Waals surface area contributed by atoms with Gasteiger partial charge in [0, 0.05) is 31.1 Å². The maximum atomic E-state index is 12.3. The molecular formula is C24H34O7. The van der Waals surface area contributed by atoms with Gasteiger partial charge in [0.25, 0.3) is 0 Å². The van der Waals surface area contributed by atoms with E-state index < -0.39 is 41.5 Å². The normalized spacial score (nSPS) is 51.6. The molecule has 6 rings (SSSR count). The standard InChI is InChI=1S/C24H34O7/c1-12-15-7-8-16-22-10-6-9-21(4,5)17(22)20(31-14(3)26)24(28,29-11-22)23(16,18(15)27)19(12)30-13(2)25/h15-20,27-28H,1,6-11H2,2-5H3/t15-,16-,17+,18+,19+,20-,22+,23+,24?/m0/s1. The first-order valence-electron chi connectivity index (χ1n) is 11.5. The molecule has 2 N–H and O–H groups in total. The fourth-order valence-corrected chi connectivity index (χ4v) is 8.84. The summed E-state index contributed by atoms with van der Waals surface area (Å²) in [4.78, 5) is 24.3. The van der Waals surface area contributed by atoms with Gasteiger partial charge in [0.05, 0.1) is 18.1 Å². The van der Waals surface area contributed by atoms with Gasteiger partial charge in [-0.2, -0.15) is 0 Å². The minimum Gasteiger partial charge on any atom is -0.457 e. The number of fused-ring (bicyclic) bond motifs is 2. The summed E-state index contributed by atoms with van der Waals surface area (Å²) in [6, 6.07) is 0. The Morgan fingerprint density at radius 2 is 1.81 bits per heavy atom. The summed E-state index contributed by atoms with van der Waals surface area (Å²) in [6.45, 7) is 11.5. The Morgan fingerprint density at radius 3 is 2.45 bits per heavy atom. The summed E-state index contributed by atoms with van der Waals surface area (Å²) in [6.07, 6.45) is 1.48. The van der Waals surface area contributed by atoms with Crippen LogP contribution < -0.4 is 0 Å². The molecule has 2 aliphatic heterocycles. The van der Waals surface area contributed by atoms with Gasteiger partial charge in [-0.3, -0.25) is 9.59 Å². The smallest absolute Gasteiger partial charge is 0.303 e. The van der Waals surface area contributed by atoms with Crippen LogP contribution in [0, 0.1) is 34.0 Å². The molecule has 1 unspecified atom stereocenters. The van der Waals surface area contributed by atoms with E-state index in [-0.39, 0.29) is 28.6 Å². The molecule has 0 amide bonds. The van der Waals surface area contributed by atoms with Crippen LogP contribution in [-0.2, 0) is 23.8 Å². The highest BCUT2D eigenvalue weighted by Gasteiger charge is 2.86. The number of esters is 2. The molecule has 0 aromatic heterocycles. The van der Waals surface area contributed by atoms with Crippen LogP contribution in [0.5, 0.6) is 0 Å². The van der Waals surface area contributed by atoms with Crippen LogP contribution in [0.2, 0.25) is 0 Å². The van der Waals surface area contributed by atoms with Gasteiger partial charge in [-0.25, -0.2) is 0 Å². The summed E-state index contributed by atoms with van der Waals surface area (Å²) in [5.41, 5.74) is -1.26. The third-order valence-corrected chi connectivity index (χ3v) is 9.53. The number of hydrogen-bond donors (Lipinski definition) is 2. The van der Waals surface area contributed by atoms with Crippen molar-refractivity contribution in [1.82, 2.24) is 0 Å². The molecule has 0 aromatic rings. The maximum absolute atomic E-state index is 12.3. The second kappa shape index (κ2) is 6.33. The predicted molar refractivity (Wildman–Crippen MR) is 109 cm³/mol. The molecule has 9 atom stereocenters. The first-order chi connectivity index (χ1) is 14.4. The molecule has 0 radical (unpaired) electrons. The van der Waals surface area contributed by atoms with E-state index in [0.717, 1.165) is 32.1 Å². The Hall–Kier alpha value is -1.44. The summed E-state index contributed by atoms with van der Waals surface area (Å²) >= 11 is 0. The lowest BCUT2D eigenvalue weighted by molar-refractivity contribution is -0.467. The van der Waals surface area contributed by atoms with Crippen LogP contribution in [0.4, 0.5) is 0 Å². The summed E-state index contributed by atoms with van der Waals surface area (Å²) < 4.78 is 17.9.